The first kappa shape index (κ1) is 19.4. The number of hydrogen-bond donors (Lipinski definition) is 4. The van der Waals surface area contributed by atoms with E-state index < -0.39 is 23.6 Å². The van der Waals surface area contributed by atoms with Crippen molar-refractivity contribution in [1.82, 2.24) is 15.6 Å². The summed E-state index contributed by atoms with van der Waals surface area (Å²) in [6.07, 6.45) is 2.48. The fourth-order valence-electron chi connectivity index (χ4n) is 2.73. The van der Waals surface area contributed by atoms with Gasteiger partial charge in [-0.15, -0.1) is 0 Å². The summed E-state index contributed by atoms with van der Waals surface area (Å²) in [5.74, 6) is -0.501. The third-order valence-corrected chi connectivity index (χ3v) is 4.04. The molecule has 2 amide bonds. The number of aliphatic hydroxyl groups is 1. The molecule has 0 aliphatic heterocycles. The van der Waals surface area contributed by atoms with E-state index >= 15 is 0 Å². The predicted molar refractivity (Wildman–Crippen MR) is 96.7 cm³/mol. The molecule has 0 fully saturated rings. The number of benzene rings is 1. The highest BCUT2D eigenvalue weighted by molar-refractivity contribution is 5.89. The highest BCUT2D eigenvalue weighted by Crippen LogP contribution is 2.14. The molecule has 0 radical (unpaired) electrons. The van der Waals surface area contributed by atoms with Crippen molar-refractivity contribution in [3.8, 4) is 0 Å². The fraction of sp³-hybridized carbons (Fsp3) is 0.316. The number of carboxylic acid groups (broad SMARTS) is 1. The van der Waals surface area contributed by atoms with E-state index in [1.165, 1.54) is 6.92 Å². The van der Waals surface area contributed by atoms with E-state index in [1.807, 2.05) is 30.3 Å². The van der Waals surface area contributed by atoms with Gasteiger partial charge in [0.15, 0.2) is 0 Å². The van der Waals surface area contributed by atoms with Gasteiger partial charge in [-0.1, -0.05) is 36.4 Å². The average molecular weight is 357 g/mol. The maximum atomic E-state index is 12.8. The Kier molecular flexibility index (Phi) is 6.68. The van der Waals surface area contributed by atoms with E-state index in [2.05, 4.69) is 15.6 Å². The Bertz CT molecular complexity index is 724. The van der Waals surface area contributed by atoms with Gasteiger partial charge in [0, 0.05) is 18.8 Å². The molecule has 7 nitrogen and oxygen atoms in total. The van der Waals surface area contributed by atoms with Gasteiger partial charge < -0.3 is 20.8 Å². The molecule has 0 saturated heterocycles. The van der Waals surface area contributed by atoms with Crippen LogP contribution in [0.3, 0.4) is 0 Å². The van der Waals surface area contributed by atoms with Crippen molar-refractivity contribution in [1.29, 1.82) is 0 Å². The van der Waals surface area contributed by atoms with Gasteiger partial charge in [0.2, 0.25) is 5.91 Å². The SMILES string of the molecule is CC(Cc1cccnc1)(NC(=O)O)C(=O)NC(CO)Cc1ccccc1. The maximum absolute atomic E-state index is 12.8. The summed E-state index contributed by atoms with van der Waals surface area (Å²) in [5, 5.41) is 23.8. The van der Waals surface area contributed by atoms with Crippen molar-refractivity contribution >= 4 is 12.0 Å². The second kappa shape index (κ2) is 8.96. The van der Waals surface area contributed by atoms with Gasteiger partial charge in [-0.05, 0) is 30.5 Å². The number of pyridine rings is 1. The quantitative estimate of drug-likeness (QED) is 0.570. The molecule has 1 heterocycles. The third kappa shape index (κ3) is 5.56. The normalized spacial score (nSPS) is 14.1. The minimum absolute atomic E-state index is 0.141. The number of carbonyl (C=O) groups excluding carboxylic acids is 1. The van der Waals surface area contributed by atoms with E-state index in [0.717, 1.165) is 11.1 Å². The van der Waals surface area contributed by atoms with Gasteiger partial charge >= 0.3 is 6.09 Å². The number of aromatic nitrogens is 1. The van der Waals surface area contributed by atoms with Gasteiger partial charge in [0.05, 0.1) is 12.6 Å². The zero-order valence-corrected chi connectivity index (χ0v) is 14.6. The van der Waals surface area contributed by atoms with Crippen LogP contribution in [0.15, 0.2) is 54.9 Å². The Morgan fingerprint density at radius 1 is 1.15 bits per heavy atom. The molecule has 2 aromatic rings. The minimum atomic E-state index is -1.39. The molecule has 2 rings (SSSR count). The highest BCUT2D eigenvalue weighted by atomic mass is 16.4. The monoisotopic (exact) mass is 357 g/mol. The lowest BCUT2D eigenvalue weighted by molar-refractivity contribution is -0.127. The second-order valence-corrected chi connectivity index (χ2v) is 6.34. The summed E-state index contributed by atoms with van der Waals surface area (Å²) in [7, 11) is 0. The summed E-state index contributed by atoms with van der Waals surface area (Å²) in [6.45, 7) is 1.26. The lowest BCUT2D eigenvalue weighted by Gasteiger charge is -2.30. The first-order valence-electron chi connectivity index (χ1n) is 8.29. The van der Waals surface area contributed by atoms with Crippen molar-refractivity contribution in [2.24, 2.45) is 0 Å². The largest absolute Gasteiger partial charge is 0.465 e. The van der Waals surface area contributed by atoms with Crippen molar-refractivity contribution < 1.29 is 19.8 Å². The molecular weight excluding hydrogens is 334 g/mol. The zero-order chi connectivity index (χ0) is 19.0. The molecule has 7 heteroatoms. The molecular formula is C19H23N3O4. The molecule has 4 N–H and O–H groups in total. The van der Waals surface area contributed by atoms with Crippen molar-refractivity contribution in [2.75, 3.05) is 6.61 Å². The molecule has 0 bridgehead atoms. The van der Waals surface area contributed by atoms with Crippen molar-refractivity contribution in [2.45, 2.75) is 31.3 Å². The fourth-order valence-corrected chi connectivity index (χ4v) is 2.73. The molecule has 0 aliphatic carbocycles. The molecule has 0 saturated carbocycles. The summed E-state index contributed by atoms with van der Waals surface area (Å²) >= 11 is 0. The number of rotatable bonds is 8. The number of nitrogens with zero attached hydrogens (tertiary/aromatic N) is 1. The molecule has 2 unspecified atom stereocenters. The van der Waals surface area contributed by atoms with Crippen LogP contribution in [0.25, 0.3) is 0 Å². The van der Waals surface area contributed by atoms with E-state index in [0.29, 0.717) is 6.42 Å². The van der Waals surface area contributed by atoms with Crippen LogP contribution < -0.4 is 10.6 Å². The first-order valence-corrected chi connectivity index (χ1v) is 8.29. The van der Waals surface area contributed by atoms with Crippen LogP contribution in [0.5, 0.6) is 0 Å². The van der Waals surface area contributed by atoms with E-state index in [9.17, 15) is 14.7 Å². The standard InChI is InChI=1S/C19H23N3O4/c1-19(22-18(25)26,11-15-8-5-9-20-12-15)17(24)21-16(13-23)10-14-6-3-2-4-7-14/h2-9,12,16,22-23H,10-11,13H2,1H3,(H,21,24)(H,25,26). The lowest BCUT2D eigenvalue weighted by atomic mass is 9.92. The highest BCUT2D eigenvalue weighted by Gasteiger charge is 2.36. The van der Waals surface area contributed by atoms with Crippen LogP contribution in [0.2, 0.25) is 0 Å². The number of amides is 2. The lowest BCUT2D eigenvalue weighted by Crippen LogP contribution is -2.60. The van der Waals surface area contributed by atoms with Crippen LogP contribution in [0.1, 0.15) is 18.1 Å². The van der Waals surface area contributed by atoms with Crippen molar-refractivity contribution in [3.05, 3.63) is 66.0 Å². The molecule has 1 aromatic carbocycles. The smallest absolute Gasteiger partial charge is 0.405 e. The van der Waals surface area contributed by atoms with E-state index in [1.54, 1.807) is 24.5 Å². The minimum Gasteiger partial charge on any atom is -0.465 e. The Labute approximate surface area is 152 Å². The van der Waals surface area contributed by atoms with Gasteiger partial charge in [-0.25, -0.2) is 4.79 Å². The first-order chi connectivity index (χ1) is 12.4. The summed E-state index contributed by atoms with van der Waals surface area (Å²) in [5.41, 5.74) is 0.299. The van der Waals surface area contributed by atoms with Gasteiger partial charge in [0.1, 0.15) is 5.54 Å². The number of nitrogens with one attached hydrogen (secondary N) is 2. The summed E-state index contributed by atoms with van der Waals surface area (Å²) in [6, 6.07) is 12.4. The van der Waals surface area contributed by atoms with Gasteiger partial charge in [-0.3, -0.25) is 9.78 Å². The molecule has 0 spiro atoms. The molecule has 2 atom stereocenters. The second-order valence-electron chi connectivity index (χ2n) is 6.34. The van der Waals surface area contributed by atoms with Crippen LogP contribution in [0, 0.1) is 0 Å². The van der Waals surface area contributed by atoms with E-state index in [-0.39, 0.29) is 13.0 Å². The summed E-state index contributed by atoms with van der Waals surface area (Å²) in [4.78, 5) is 28.0. The Hall–Kier alpha value is -2.93. The van der Waals surface area contributed by atoms with Gasteiger partial charge in [-0.2, -0.15) is 0 Å². The average Bonchev–Trinajstić information content (AvgIpc) is 2.62. The third-order valence-electron chi connectivity index (χ3n) is 4.04. The maximum Gasteiger partial charge on any atom is 0.405 e. The number of aliphatic hydroxyl groups excluding tert-OH is 1. The number of carbonyl (C=O) groups is 2. The molecule has 1 aromatic heterocycles. The molecule has 26 heavy (non-hydrogen) atoms. The Morgan fingerprint density at radius 3 is 2.42 bits per heavy atom. The van der Waals surface area contributed by atoms with Crippen LogP contribution in [-0.2, 0) is 17.6 Å². The number of hydrogen-bond acceptors (Lipinski definition) is 4. The zero-order valence-electron chi connectivity index (χ0n) is 14.6. The topological polar surface area (TPSA) is 112 Å². The van der Waals surface area contributed by atoms with Crippen molar-refractivity contribution in [3.63, 3.8) is 0 Å². The van der Waals surface area contributed by atoms with Crippen LogP contribution in [-0.4, -0.2) is 45.4 Å². The van der Waals surface area contributed by atoms with Crippen LogP contribution in [0.4, 0.5) is 4.79 Å². The van der Waals surface area contributed by atoms with Gasteiger partial charge in [0.25, 0.3) is 0 Å². The van der Waals surface area contributed by atoms with Crippen LogP contribution >= 0.6 is 0 Å². The van der Waals surface area contributed by atoms with E-state index in [4.69, 9.17) is 5.11 Å². The summed E-state index contributed by atoms with van der Waals surface area (Å²) < 4.78 is 0. The molecule has 138 valence electrons. The Morgan fingerprint density at radius 2 is 1.85 bits per heavy atom. The Balaban J connectivity index is 2.12. The predicted octanol–water partition coefficient (Wildman–Crippen LogP) is 1.37. The molecule has 0 aliphatic rings.